The first-order valence-electron chi connectivity index (χ1n) is 9.99. The molecule has 0 aliphatic heterocycles. The van der Waals surface area contributed by atoms with Crippen LogP contribution in [0.3, 0.4) is 0 Å². The van der Waals surface area contributed by atoms with Crippen LogP contribution in [0.25, 0.3) is 0 Å². The second-order valence-electron chi connectivity index (χ2n) is 6.83. The average Bonchev–Trinajstić information content (AvgIpc) is 3.14. The van der Waals surface area contributed by atoms with Crippen molar-refractivity contribution in [3.8, 4) is 11.5 Å². The molecule has 1 aromatic carbocycles. The van der Waals surface area contributed by atoms with Gasteiger partial charge in [-0.05, 0) is 56.4 Å². The van der Waals surface area contributed by atoms with E-state index in [9.17, 15) is 14.4 Å². The predicted octanol–water partition coefficient (Wildman–Crippen LogP) is 3.62. The van der Waals surface area contributed by atoms with E-state index in [2.05, 4.69) is 5.32 Å². The van der Waals surface area contributed by atoms with Crippen molar-refractivity contribution in [2.24, 2.45) is 0 Å². The molecule has 0 saturated heterocycles. The van der Waals surface area contributed by atoms with Crippen molar-refractivity contribution in [1.82, 2.24) is 0 Å². The van der Waals surface area contributed by atoms with Crippen LogP contribution in [0, 0.1) is 0 Å². The van der Waals surface area contributed by atoms with Gasteiger partial charge in [0, 0.05) is 4.88 Å². The van der Waals surface area contributed by atoms with Crippen LogP contribution in [0.4, 0.5) is 5.00 Å². The highest BCUT2D eigenvalue weighted by atomic mass is 32.1. The third-order valence-corrected chi connectivity index (χ3v) is 6.06. The molecule has 1 heterocycles. The third kappa shape index (κ3) is 5.16. The highest BCUT2D eigenvalue weighted by Gasteiger charge is 2.27. The zero-order valence-corrected chi connectivity index (χ0v) is 18.6. The van der Waals surface area contributed by atoms with Crippen molar-refractivity contribution in [2.75, 3.05) is 32.8 Å². The molecule has 0 atom stereocenters. The van der Waals surface area contributed by atoms with E-state index in [0.717, 1.165) is 36.1 Å². The third-order valence-electron chi connectivity index (χ3n) is 4.86. The SMILES string of the molecule is CCOC(=O)c1c(NC(=O)COC(=O)c2ccc(OC)c(OC)c2)sc2c1CCCC2. The van der Waals surface area contributed by atoms with Gasteiger partial charge in [-0.3, -0.25) is 4.79 Å². The summed E-state index contributed by atoms with van der Waals surface area (Å²) in [7, 11) is 2.95. The molecule has 1 N–H and O–H groups in total. The van der Waals surface area contributed by atoms with Gasteiger partial charge < -0.3 is 24.3 Å². The number of esters is 2. The van der Waals surface area contributed by atoms with Crippen LogP contribution in [0.15, 0.2) is 18.2 Å². The van der Waals surface area contributed by atoms with Gasteiger partial charge in [0.25, 0.3) is 5.91 Å². The van der Waals surface area contributed by atoms with Crippen LogP contribution in [0.5, 0.6) is 11.5 Å². The maximum absolute atomic E-state index is 12.5. The van der Waals surface area contributed by atoms with E-state index >= 15 is 0 Å². The number of carbonyl (C=O) groups is 3. The summed E-state index contributed by atoms with van der Waals surface area (Å²) in [5.74, 6) is -0.792. The summed E-state index contributed by atoms with van der Waals surface area (Å²) in [4.78, 5) is 38.3. The lowest BCUT2D eigenvalue weighted by Gasteiger charge is -2.12. The lowest BCUT2D eigenvalue weighted by molar-refractivity contribution is -0.119. The van der Waals surface area contributed by atoms with Gasteiger partial charge >= 0.3 is 11.9 Å². The Morgan fingerprint density at radius 3 is 2.45 bits per heavy atom. The van der Waals surface area contributed by atoms with Crippen molar-refractivity contribution in [2.45, 2.75) is 32.6 Å². The highest BCUT2D eigenvalue weighted by molar-refractivity contribution is 7.17. The molecule has 1 amide bonds. The molecule has 0 fully saturated rings. The highest BCUT2D eigenvalue weighted by Crippen LogP contribution is 2.38. The molecule has 2 aromatic rings. The topological polar surface area (TPSA) is 100 Å². The first-order valence-corrected chi connectivity index (χ1v) is 10.8. The molecule has 0 unspecified atom stereocenters. The minimum Gasteiger partial charge on any atom is -0.493 e. The first kappa shape index (κ1) is 22.6. The first-order chi connectivity index (χ1) is 15.0. The zero-order chi connectivity index (χ0) is 22.4. The summed E-state index contributed by atoms with van der Waals surface area (Å²) >= 11 is 1.38. The number of thiophene rings is 1. The van der Waals surface area contributed by atoms with Crippen LogP contribution < -0.4 is 14.8 Å². The van der Waals surface area contributed by atoms with Gasteiger partial charge in [-0.2, -0.15) is 0 Å². The smallest absolute Gasteiger partial charge is 0.341 e. The van der Waals surface area contributed by atoms with Crippen molar-refractivity contribution >= 4 is 34.2 Å². The Morgan fingerprint density at radius 2 is 1.74 bits per heavy atom. The Kier molecular flexibility index (Phi) is 7.51. The number of fused-ring (bicyclic) bond motifs is 1. The van der Waals surface area contributed by atoms with E-state index in [1.165, 1.54) is 37.7 Å². The molecule has 1 aliphatic rings. The van der Waals surface area contributed by atoms with Crippen molar-refractivity contribution in [1.29, 1.82) is 0 Å². The van der Waals surface area contributed by atoms with E-state index in [4.69, 9.17) is 18.9 Å². The molecular formula is C22H25NO7S. The molecule has 0 saturated carbocycles. The number of methoxy groups -OCH3 is 2. The summed E-state index contributed by atoms with van der Waals surface area (Å²) in [5, 5.41) is 3.15. The fourth-order valence-corrected chi connectivity index (χ4v) is 4.71. The molecule has 0 spiro atoms. The molecular weight excluding hydrogens is 422 g/mol. The van der Waals surface area contributed by atoms with Crippen molar-refractivity contribution in [3.63, 3.8) is 0 Å². The van der Waals surface area contributed by atoms with Crippen molar-refractivity contribution < 1.29 is 33.3 Å². The fraction of sp³-hybridized carbons (Fsp3) is 0.409. The maximum atomic E-state index is 12.5. The zero-order valence-electron chi connectivity index (χ0n) is 17.7. The van der Waals surface area contributed by atoms with E-state index in [1.807, 2.05) is 0 Å². The molecule has 1 aromatic heterocycles. The molecule has 0 radical (unpaired) electrons. The Balaban J connectivity index is 1.68. The van der Waals surface area contributed by atoms with Crippen molar-refractivity contribution in [3.05, 3.63) is 39.8 Å². The normalized spacial score (nSPS) is 12.5. The second-order valence-corrected chi connectivity index (χ2v) is 7.93. The Hall–Kier alpha value is -3.07. The number of amides is 1. The number of hydrogen-bond acceptors (Lipinski definition) is 8. The van der Waals surface area contributed by atoms with Gasteiger partial charge in [-0.1, -0.05) is 0 Å². The van der Waals surface area contributed by atoms with Crippen LogP contribution in [0.1, 0.15) is 50.9 Å². The van der Waals surface area contributed by atoms with Gasteiger partial charge in [0.15, 0.2) is 18.1 Å². The average molecular weight is 448 g/mol. The van der Waals surface area contributed by atoms with Gasteiger partial charge in [0.05, 0.1) is 32.0 Å². The Labute approximate surface area is 184 Å². The molecule has 3 rings (SSSR count). The van der Waals surface area contributed by atoms with E-state index in [-0.39, 0.29) is 12.2 Å². The van der Waals surface area contributed by atoms with Gasteiger partial charge in [-0.25, -0.2) is 9.59 Å². The standard InChI is InChI=1S/C22H25NO7S/c1-4-29-22(26)19-14-7-5-6-8-17(14)31-20(19)23-18(24)12-30-21(25)13-9-10-15(27-2)16(11-13)28-3/h9-11H,4-8,12H2,1-3H3,(H,23,24). The van der Waals surface area contributed by atoms with Gasteiger partial charge in [0.2, 0.25) is 0 Å². The summed E-state index contributed by atoms with van der Waals surface area (Å²) < 4.78 is 20.6. The molecule has 9 heteroatoms. The monoisotopic (exact) mass is 447 g/mol. The number of aryl methyl sites for hydroxylation is 1. The lowest BCUT2D eigenvalue weighted by atomic mass is 9.95. The van der Waals surface area contributed by atoms with Crippen LogP contribution in [0.2, 0.25) is 0 Å². The number of rotatable bonds is 8. The van der Waals surface area contributed by atoms with E-state index < -0.39 is 24.5 Å². The minimum atomic E-state index is -0.674. The van der Waals surface area contributed by atoms with Crippen LogP contribution >= 0.6 is 11.3 Å². The number of nitrogens with one attached hydrogen (secondary N) is 1. The molecule has 31 heavy (non-hydrogen) atoms. The van der Waals surface area contributed by atoms with E-state index in [0.29, 0.717) is 22.1 Å². The van der Waals surface area contributed by atoms with E-state index in [1.54, 1.807) is 13.0 Å². The Morgan fingerprint density at radius 1 is 1.00 bits per heavy atom. The molecule has 166 valence electrons. The number of anilines is 1. The number of carbonyl (C=O) groups excluding carboxylic acids is 3. The fourth-order valence-electron chi connectivity index (χ4n) is 3.41. The molecule has 8 nitrogen and oxygen atoms in total. The predicted molar refractivity (Wildman–Crippen MR) is 115 cm³/mol. The number of ether oxygens (including phenoxy) is 4. The summed E-state index contributed by atoms with van der Waals surface area (Å²) in [6, 6.07) is 4.58. The second kappa shape index (κ2) is 10.3. The summed E-state index contributed by atoms with van der Waals surface area (Å²) in [5.41, 5.74) is 1.60. The molecule has 1 aliphatic carbocycles. The number of benzene rings is 1. The summed E-state index contributed by atoms with van der Waals surface area (Å²) in [6.07, 6.45) is 3.69. The minimum absolute atomic E-state index is 0.226. The van der Waals surface area contributed by atoms with Gasteiger partial charge in [0.1, 0.15) is 5.00 Å². The summed E-state index contributed by atoms with van der Waals surface area (Å²) in [6.45, 7) is 1.50. The maximum Gasteiger partial charge on any atom is 0.341 e. The molecule has 0 bridgehead atoms. The van der Waals surface area contributed by atoms with Gasteiger partial charge in [-0.15, -0.1) is 11.3 Å². The largest absolute Gasteiger partial charge is 0.493 e. The Bertz CT molecular complexity index is 982. The lowest BCUT2D eigenvalue weighted by Crippen LogP contribution is -2.22. The quantitative estimate of drug-likeness (QED) is 0.617. The van der Waals surface area contributed by atoms with Crippen LogP contribution in [-0.4, -0.2) is 45.3 Å². The number of hydrogen-bond donors (Lipinski definition) is 1. The van der Waals surface area contributed by atoms with Crippen LogP contribution in [-0.2, 0) is 27.1 Å².